The second-order valence-electron chi connectivity index (χ2n) is 8.47. The van der Waals surface area contributed by atoms with Gasteiger partial charge in [-0.2, -0.15) is 0 Å². The highest BCUT2D eigenvalue weighted by Gasteiger charge is 2.42. The molecule has 1 saturated carbocycles. The van der Waals surface area contributed by atoms with Crippen LogP contribution in [0.4, 0.5) is 4.79 Å². The Bertz CT molecular complexity index is 469. The minimum Gasteiger partial charge on any atom is -0.444 e. The molecule has 0 aromatic rings. The quantitative estimate of drug-likeness (QED) is 0.853. The lowest BCUT2D eigenvalue weighted by Gasteiger charge is -2.41. The van der Waals surface area contributed by atoms with Gasteiger partial charge in [0.2, 0.25) is 5.91 Å². The summed E-state index contributed by atoms with van der Waals surface area (Å²) in [6.45, 7) is 10.8. The standard InChI is InChI=1S/C18H33N3O3/c1-12(2)15(19)16(22)21(13-8-9-13)14-7-6-10-20(11-14)17(23)24-18(3,4)5/h12-15H,6-11,19H2,1-5H3/t14-,15-/m0/s1. The number of nitrogens with two attached hydrogens (primary N) is 1. The van der Waals surface area contributed by atoms with Crippen molar-refractivity contribution >= 4 is 12.0 Å². The molecule has 2 amide bonds. The number of carbonyl (C=O) groups is 2. The molecule has 2 rings (SSSR count). The van der Waals surface area contributed by atoms with Crippen molar-refractivity contribution in [3.05, 3.63) is 0 Å². The molecule has 2 atom stereocenters. The molecular formula is C18H33N3O3. The number of nitrogens with zero attached hydrogens (tertiary/aromatic N) is 2. The maximum Gasteiger partial charge on any atom is 0.410 e. The molecule has 24 heavy (non-hydrogen) atoms. The SMILES string of the molecule is CC(C)[C@H](N)C(=O)N(C1CC1)[C@H]1CCCN(C(=O)OC(C)(C)C)C1. The van der Waals surface area contributed by atoms with Gasteiger partial charge in [0.05, 0.1) is 6.04 Å². The van der Waals surface area contributed by atoms with E-state index in [1.165, 1.54) is 0 Å². The van der Waals surface area contributed by atoms with Gasteiger partial charge in [-0.25, -0.2) is 4.79 Å². The number of hydrogen-bond acceptors (Lipinski definition) is 4. The molecule has 0 spiro atoms. The Labute approximate surface area is 145 Å². The van der Waals surface area contributed by atoms with Gasteiger partial charge < -0.3 is 20.3 Å². The summed E-state index contributed by atoms with van der Waals surface area (Å²) >= 11 is 0. The second-order valence-corrected chi connectivity index (χ2v) is 8.47. The van der Waals surface area contributed by atoms with Crippen LogP contribution < -0.4 is 5.73 Å². The van der Waals surface area contributed by atoms with Crippen molar-refractivity contribution in [1.29, 1.82) is 0 Å². The van der Waals surface area contributed by atoms with E-state index in [1.54, 1.807) is 4.90 Å². The molecule has 6 heteroatoms. The minimum atomic E-state index is -0.504. The van der Waals surface area contributed by atoms with Crippen LogP contribution in [0.3, 0.4) is 0 Å². The van der Waals surface area contributed by atoms with Crippen molar-refractivity contribution in [2.45, 2.75) is 84.0 Å². The first-order chi connectivity index (χ1) is 11.1. The van der Waals surface area contributed by atoms with E-state index in [0.29, 0.717) is 19.1 Å². The topological polar surface area (TPSA) is 75.9 Å². The maximum atomic E-state index is 12.8. The van der Waals surface area contributed by atoms with Crippen LogP contribution in [0.1, 0.15) is 60.3 Å². The molecule has 2 N–H and O–H groups in total. The second kappa shape index (κ2) is 7.30. The number of hydrogen-bond donors (Lipinski definition) is 1. The monoisotopic (exact) mass is 339 g/mol. The largest absolute Gasteiger partial charge is 0.444 e. The molecule has 2 aliphatic rings. The fourth-order valence-corrected chi connectivity index (χ4v) is 3.14. The Morgan fingerprint density at radius 1 is 1.17 bits per heavy atom. The molecule has 1 aliphatic heterocycles. The molecule has 0 unspecified atom stereocenters. The van der Waals surface area contributed by atoms with E-state index in [-0.39, 0.29) is 24.0 Å². The molecular weight excluding hydrogens is 306 g/mol. The fourth-order valence-electron chi connectivity index (χ4n) is 3.14. The first-order valence-corrected chi connectivity index (χ1v) is 9.16. The molecule has 1 saturated heterocycles. The zero-order valence-corrected chi connectivity index (χ0v) is 15.7. The average molecular weight is 339 g/mol. The normalized spacial score (nSPS) is 23.1. The molecule has 2 fully saturated rings. The maximum absolute atomic E-state index is 12.8. The summed E-state index contributed by atoms with van der Waals surface area (Å²) in [7, 11) is 0. The Hall–Kier alpha value is -1.30. The van der Waals surface area contributed by atoms with Crippen molar-refractivity contribution < 1.29 is 14.3 Å². The number of piperidine rings is 1. The van der Waals surface area contributed by atoms with Gasteiger partial charge in [0.1, 0.15) is 5.60 Å². The summed E-state index contributed by atoms with van der Waals surface area (Å²) in [6, 6.07) is -0.121. The molecule has 1 heterocycles. The zero-order valence-electron chi connectivity index (χ0n) is 15.7. The molecule has 138 valence electrons. The van der Waals surface area contributed by atoms with E-state index in [4.69, 9.17) is 10.5 Å². The van der Waals surface area contributed by atoms with Crippen LogP contribution in [0.15, 0.2) is 0 Å². The molecule has 0 aromatic heterocycles. The molecule has 0 radical (unpaired) electrons. The van der Waals surface area contributed by atoms with E-state index in [9.17, 15) is 9.59 Å². The molecule has 0 bridgehead atoms. The predicted octanol–water partition coefficient (Wildman–Crippen LogP) is 2.36. The summed E-state index contributed by atoms with van der Waals surface area (Å²) < 4.78 is 5.49. The Kier molecular flexibility index (Phi) is 5.78. The summed E-state index contributed by atoms with van der Waals surface area (Å²) in [4.78, 5) is 28.9. The number of rotatable bonds is 4. The van der Waals surface area contributed by atoms with E-state index >= 15 is 0 Å². The molecule has 0 aromatic carbocycles. The predicted molar refractivity (Wildman–Crippen MR) is 93.5 cm³/mol. The highest BCUT2D eigenvalue weighted by Crippen LogP contribution is 2.32. The van der Waals surface area contributed by atoms with Crippen molar-refractivity contribution in [2.24, 2.45) is 11.7 Å². The van der Waals surface area contributed by atoms with E-state index in [2.05, 4.69) is 0 Å². The van der Waals surface area contributed by atoms with Crippen LogP contribution in [-0.2, 0) is 9.53 Å². The summed E-state index contributed by atoms with van der Waals surface area (Å²) in [5, 5.41) is 0. The van der Waals surface area contributed by atoms with Gasteiger partial charge in [0, 0.05) is 25.2 Å². The summed E-state index contributed by atoms with van der Waals surface area (Å²) in [6.07, 6.45) is 3.60. The van der Waals surface area contributed by atoms with Crippen LogP contribution in [0.5, 0.6) is 0 Å². The lowest BCUT2D eigenvalue weighted by molar-refractivity contribution is -0.137. The lowest BCUT2D eigenvalue weighted by Crippen LogP contribution is -2.57. The van der Waals surface area contributed by atoms with Gasteiger partial charge in [-0.3, -0.25) is 4.79 Å². The Balaban J connectivity index is 2.05. The summed E-state index contributed by atoms with van der Waals surface area (Å²) in [5.74, 6) is 0.146. The van der Waals surface area contributed by atoms with Gasteiger partial charge in [-0.1, -0.05) is 13.8 Å². The highest BCUT2D eigenvalue weighted by atomic mass is 16.6. The number of ether oxygens (including phenoxy) is 1. The fraction of sp³-hybridized carbons (Fsp3) is 0.889. The van der Waals surface area contributed by atoms with E-state index in [1.807, 2.05) is 39.5 Å². The average Bonchev–Trinajstić information content (AvgIpc) is 3.29. The van der Waals surface area contributed by atoms with E-state index < -0.39 is 11.6 Å². The third-order valence-corrected chi connectivity index (χ3v) is 4.64. The lowest BCUT2D eigenvalue weighted by atomic mass is 9.99. The van der Waals surface area contributed by atoms with Crippen LogP contribution >= 0.6 is 0 Å². The highest BCUT2D eigenvalue weighted by molar-refractivity contribution is 5.83. The molecule has 1 aliphatic carbocycles. The van der Waals surface area contributed by atoms with Crippen molar-refractivity contribution in [3.8, 4) is 0 Å². The number of amides is 2. The first kappa shape index (κ1) is 19.0. The zero-order chi connectivity index (χ0) is 18.1. The van der Waals surface area contributed by atoms with Crippen LogP contribution in [0.2, 0.25) is 0 Å². The van der Waals surface area contributed by atoms with Crippen molar-refractivity contribution in [1.82, 2.24) is 9.80 Å². The van der Waals surface area contributed by atoms with Gasteiger partial charge in [0.15, 0.2) is 0 Å². The van der Waals surface area contributed by atoms with Crippen molar-refractivity contribution in [3.63, 3.8) is 0 Å². The van der Waals surface area contributed by atoms with Gasteiger partial charge >= 0.3 is 6.09 Å². The number of carbonyl (C=O) groups excluding carboxylic acids is 2. The third-order valence-electron chi connectivity index (χ3n) is 4.64. The van der Waals surface area contributed by atoms with Crippen LogP contribution in [0.25, 0.3) is 0 Å². The van der Waals surface area contributed by atoms with Gasteiger partial charge in [-0.15, -0.1) is 0 Å². The first-order valence-electron chi connectivity index (χ1n) is 9.16. The smallest absolute Gasteiger partial charge is 0.410 e. The Morgan fingerprint density at radius 3 is 2.29 bits per heavy atom. The summed E-state index contributed by atoms with van der Waals surface area (Å²) in [5.41, 5.74) is 5.61. The van der Waals surface area contributed by atoms with Gasteiger partial charge in [0.25, 0.3) is 0 Å². The van der Waals surface area contributed by atoms with Crippen molar-refractivity contribution in [2.75, 3.05) is 13.1 Å². The van der Waals surface area contributed by atoms with E-state index in [0.717, 1.165) is 25.7 Å². The third kappa shape index (κ3) is 4.85. The molecule has 6 nitrogen and oxygen atoms in total. The van der Waals surface area contributed by atoms with Gasteiger partial charge in [-0.05, 0) is 52.4 Å². The van der Waals surface area contributed by atoms with Crippen LogP contribution in [0, 0.1) is 5.92 Å². The van der Waals surface area contributed by atoms with Crippen LogP contribution in [-0.4, -0.2) is 58.6 Å². The number of likely N-dealkylation sites (tertiary alicyclic amines) is 1. The minimum absolute atomic E-state index is 0.0311. The Morgan fingerprint density at radius 2 is 1.79 bits per heavy atom.